The number of nitrogens with one attached hydrogen (secondary N) is 3. The summed E-state index contributed by atoms with van der Waals surface area (Å²) in [6.07, 6.45) is 2.87. The molecule has 1 saturated carbocycles. The lowest BCUT2D eigenvalue weighted by atomic mass is 9.81. The van der Waals surface area contributed by atoms with Crippen LogP contribution in [0.15, 0.2) is 29.2 Å². The highest BCUT2D eigenvalue weighted by atomic mass is 32.2. The van der Waals surface area contributed by atoms with Crippen LogP contribution < -0.4 is 15.4 Å². The van der Waals surface area contributed by atoms with Gasteiger partial charge in [-0.25, -0.2) is 25.9 Å². The number of sulfonamides is 1. The normalized spacial score (nSPS) is 25.2. The largest absolute Gasteiger partial charge is 0.351 e. The Morgan fingerprint density at radius 2 is 1.69 bits per heavy atom. The van der Waals surface area contributed by atoms with Crippen molar-refractivity contribution < 1.29 is 30.8 Å². The summed E-state index contributed by atoms with van der Waals surface area (Å²) in [4.78, 5) is 24.3. The third-order valence-electron chi connectivity index (χ3n) is 5.92. The first-order valence-electron chi connectivity index (χ1n) is 10.6. The molecule has 1 aromatic carbocycles. The predicted octanol–water partition coefficient (Wildman–Crippen LogP) is 0.330. The summed E-state index contributed by atoms with van der Waals surface area (Å²) in [5.41, 5.74) is 0. The van der Waals surface area contributed by atoms with Gasteiger partial charge in [0.1, 0.15) is 5.82 Å². The van der Waals surface area contributed by atoms with E-state index in [0.717, 1.165) is 12.1 Å². The summed E-state index contributed by atoms with van der Waals surface area (Å²) in [5.74, 6) is -1.32. The molecule has 2 fully saturated rings. The highest BCUT2D eigenvalue weighted by Crippen LogP contribution is 2.28. The van der Waals surface area contributed by atoms with Gasteiger partial charge in [0.15, 0.2) is 9.84 Å². The molecule has 3 N–H and O–H groups in total. The molecule has 178 valence electrons. The van der Waals surface area contributed by atoms with Crippen LogP contribution in [-0.4, -0.2) is 59.3 Å². The predicted molar refractivity (Wildman–Crippen MR) is 115 cm³/mol. The molecule has 0 spiro atoms. The number of carbonyl (C=O) groups excluding carboxylic acids is 2. The molecule has 2 amide bonds. The average molecular weight is 490 g/mol. The van der Waals surface area contributed by atoms with Crippen LogP contribution in [0.2, 0.25) is 0 Å². The van der Waals surface area contributed by atoms with E-state index in [9.17, 15) is 30.8 Å². The van der Waals surface area contributed by atoms with Crippen molar-refractivity contribution in [1.82, 2.24) is 15.4 Å². The van der Waals surface area contributed by atoms with Crippen molar-refractivity contribution in [3.05, 3.63) is 30.1 Å². The molecular formula is C20H28FN3O6S2. The number of hydrogen-bond acceptors (Lipinski definition) is 6. The Morgan fingerprint density at radius 1 is 1.03 bits per heavy atom. The Balaban J connectivity index is 1.36. The molecule has 1 aliphatic carbocycles. The summed E-state index contributed by atoms with van der Waals surface area (Å²) in [6.45, 7) is 0.0352. The number of rotatable bonds is 8. The number of benzene rings is 1. The van der Waals surface area contributed by atoms with Crippen LogP contribution in [0.3, 0.4) is 0 Å². The number of amides is 2. The van der Waals surface area contributed by atoms with Crippen molar-refractivity contribution >= 4 is 31.7 Å². The minimum atomic E-state index is -3.72. The Labute approximate surface area is 187 Å². The van der Waals surface area contributed by atoms with E-state index < -0.39 is 37.6 Å². The maximum atomic E-state index is 13.0. The summed E-state index contributed by atoms with van der Waals surface area (Å²) in [7, 11) is -6.81. The first-order chi connectivity index (χ1) is 15.0. The van der Waals surface area contributed by atoms with Crippen LogP contribution in [0.1, 0.15) is 32.1 Å². The maximum Gasteiger partial charge on any atom is 0.240 e. The van der Waals surface area contributed by atoms with Crippen LogP contribution in [-0.2, 0) is 29.4 Å². The zero-order valence-electron chi connectivity index (χ0n) is 17.5. The summed E-state index contributed by atoms with van der Waals surface area (Å²) in [5, 5.41) is 5.23. The van der Waals surface area contributed by atoms with E-state index >= 15 is 0 Å². The van der Waals surface area contributed by atoms with Crippen molar-refractivity contribution in [1.29, 1.82) is 0 Å². The quantitative estimate of drug-likeness (QED) is 0.481. The van der Waals surface area contributed by atoms with E-state index in [0.29, 0.717) is 32.1 Å². The van der Waals surface area contributed by atoms with Gasteiger partial charge in [0.2, 0.25) is 21.8 Å². The standard InChI is InChI=1S/C20H28FN3O6S2/c21-16-5-7-18(8-6-16)32(29,30)23-11-14-1-3-15(4-2-14)20(26)22-12-19(25)24-17-9-10-31(27,28)13-17/h5-8,14-15,17,23H,1-4,9-13H2,(H,22,26)(H,24,25)/t14?,15?,17-/m0/s1. The molecule has 12 heteroatoms. The molecule has 1 heterocycles. The molecule has 0 aromatic heterocycles. The average Bonchev–Trinajstić information content (AvgIpc) is 3.09. The van der Waals surface area contributed by atoms with Gasteiger partial charge in [0, 0.05) is 18.5 Å². The molecule has 1 saturated heterocycles. The number of halogens is 1. The van der Waals surface area contributed by atoms with Gasteiger partial charge in [-0.1, -0.05) is 0 Å². The molecule has 32 heavy (non-hydrogen) atoms. The third kappa shape index (κ3) is 6.97. The molecule has 1 aromatic rings. The molecule has 1 aliphatic heterocycles. The van der Waals surface area contributed by atoms with Crippen LogP contribution in [0.25, 0.3) is 0 Å². The van der Waals surface area contributed by atoms with E-state index in [1.807, 2.05) is 0 Å². The van der Waals surface area contributed by atoms with Gasteiger partial charge < -0.3 is 10.6 Å². The van der Waals surface area contributed by atoms with E-state index in [4.69, 9.17) is 0 Å². The van der Waals surface area contributed by atoms with E-state index in [-0.39, 0.29) is 47.2 Å². The third-order valence-corrected chi connectivity index (χ3v) is 9.13. The lowest BCUT2D eigenvalue weighted by Crippen LogP contribution is -2.44. The van der Waals surface area contributed by atoms with Crippen molar-refractivity contribution in [2.24, 2.45) is 11.8 Å². The highest BCUT2D eigenvalue weighted by Gasteiger charge is 2.30. The molecule has 9 nitrogen and oxygen atoms in total. The number of hydrogen-bond donors (Lipinski definition) is 3. The molecule has 0 radical (unpaired) electrons. The second kappa shape index (κ2) is 10.3. The number of sulfone groups is 1. The van der Waals surface area contributed by atoms with Gasteiger partial charge in [-0.2, -0.15) is 0 Å². The minimum Gasteiger partial charge on any atom is -0.351 e. The fourth-order valence-electron chi connectivity index (χ4n) is 4.05. The molecule has 0 unspecified atom stereocenters. The monoisotopic (exact) mass is 489 g/mol. The Kier molecular flexibility index (Phi) is 7.88. The Morgan fingerprint density at radius 3 is 2.28 bits per heavy atom. The zero-order valence-corrected chi connectivity index (χ0v) is 19.2. The SMILES string of the molecule is O=C(CNC(=O)C1CCC(CNS(=O)(=O)c2ccc(F)cc2)CC1)N[C@H]1CCS(=O)(=O)C1. The van der Waals surface area contributed by atoms with E-state index in [2.05, 4.69) is 15.4 Å². The minimum absolute atomic E-state index is 0.000411. The molecule has 2 aliphatic rings. The lowest BCUT2D eigenvalue weighted by molar-refractivity contribution is -0.129. The van der Waals surface area contributed by atoms with Crippen LogP contribution in [0.5, 0.6) is 0 Å². The zero-order chi connectivity index (χ0) is 23.4. The first-order valence-corrected chi connectivity index (χ1v) is 13.9. The van der Waals surface area contributed by atoms with Crippen LogP contribution >= 0.6 is 0 Å². The molecule has 0 bridgehead atoms. The van der Waals surface area contributed by atoms with Crippen molar-refractivity contribution in [3.63, 3.8) is 0 Å². The second-order valence-corrected chi connectivity index (χ2v) is 12.4. The van der Waals surface area contributed by atoms with Gasteiger partial charge in [0.25, 0.3) is 0 Å². The van der Waals surface area contributed by atoms with Crippen molar-refractivity contribution in [3.8, 4) is 0 Å². The van der Waals surface area contributed by atoms with Crippen LogP contribution in [0.4, 0.5) is 4.39 Å². The van der Waals surface area contributed by atoms with Gasteiger partial charge in [-0.3, -0.25) is 9.59 Å². The summed E-state index contributed by atoms with van der Waals surface area (Å²) in [6, 6.07) is 4.20. The second-order valence-electron chi connectivity index (χ2n) is 8.41. The summed E-state index contributed by atoms with van der Waals surface area (Å²) < 4.78 is 63.0. The topological polar surface area (TPSA) is 139 Å². The van der Waals surface area contributed by atoms with E-state index in [1.54, 1.807) is 0 Å². The highest BCUT2D eigenvalue weighted by molar-refractivity contribution is 7.91. The van der Waals surface area contributed by atoms with Gasteiger partial charge in [-0.05, 0) is 62.3 Å². The first kappa shape index (κ1) is 24.6. The smallest absolute Gasteiger partial charge is 0.240 e. The fraction of sp³-hybridized carbons (Fsp3) is 0.600. The van der Waals surface area contributed by atoms with E-state index in [1.165, 1.54) is 12.1 Å². The maximum absolute atomic E-state index is 13.0. The van der Waals surface area contributed by atoms with Crippen molar-refractivity contribution in [2.75, 3.05) is 24.6 Å². The Bertz CT molecular complexity index is 1040. The van der Waals surface area contributed by atoms with Gasteiger partial charge in [-0.15, -0.1) is 0 Å². The molecule has 3 rings (SSSR count). The molecule has 1 atom stereocenters. The summed E-state index contributed by atoms with van der Waals surface area (Å²) >= 11 is 0. The van der Waals surface area contributed by atoms with Gasteiger partial charge in [0.05, 0.1) is 22.9 Å². The molecular weight excluding hydrogens is 461 g/mol. The van der Waals surface area contributed by atoms with Crippen LogP contribution in [0, 0.1) is 17.7 Å². The van der Waals surface area contributed by atoms with Gasteiger partial charge >= 0.3 is 0 Å². The fourth-order valence-corrected chi connectivity index (χ4v) is 6.84. The number of carbonyl (C=O) groups is 2. The Hall–Kier alpha value is -2.05. The van der Waals surface area contributed by atoms with Crippen molar-refractivity contribution in [2.45, 2.75) is 43.0 Å². The lowest BCUT2D eigenvalue weighted by Gasteiger charge is -2.27.